The average molecular weight is 716 g/mol. The van der Waals surface area contributed by atoms with Crippen LogP contribution in [0.5, 0.6) is 0 Å². The summed E-state index contributed by atoms with van der Waals surface area (Å²) >= 11 is 0. The van der Waals surface area contributed by atoms with E-state index in [0.717, 1.165) is 64.2 Å². The van der Waals surface area contributed by atoms with Crippen molar-refractivity contribution in [1.29, 1.82) is 0 Å². The predicted octanol–water partition coefficient (Wildman–Crippen LogP) is 10.2. The fraction of sp³-hybridized carbons (Fsp3) is 0.846. The number of rotatable bonds is 37. The van der Waals surface area contributed by atoms with Crippen molar-refractivity contribution in [3.05, 3.63) is 24.3 Å². The number of phosphoric ester groups is 1. The van der Waals surface area contributed by atoms with Gasteiger partial charge in [-0.2, -0.15) is 0 Å². The summed E-state index contributed by atoms with van der Waals surface area (Å²) in [6.07, 6.45) is 32.9. The van der Waals surface area contributed by atoms with Gasteiger partial charge in [-0.15, -0.1) is 0 Å². The molecule has 0 aromatic rings. The number of carbonyl (C=O) groups excluding carboxylic acids is 2. The van der Waals surface area contributed by atoms with Crippen LogP contribution in [-0.2, 0) is 27.9 Å². The minimum absolute atomic E-state index is 0.0164. The van der Waals surface area contributed by atoms with Gasteiger partial charge in [-0.05, 0) is 44.9 Å². The Hall–Kier alpha value is -1.35. The maximum atomic E-state index is 13.1. The number of aliphatic hydroxyl groups excluding tert-OH is 1. The molecular weight excluding hydrogens is 641 g/mol. The second kappa shape index (κ2) is 35.1. The second-order valence-electron chi connectivity index (χ2n) is 13.3. The van der Waals surface area contributed by atoms with Gasteiger partial charge in [0.25, 0.3) is 0 Å². The smallest absolute Gasteiger partial charge is 0.457 e. The number of phosphoric acid groups is 1. The van der Waals surface area contributed by atoms with Gasteiger partial charge >= 0.3 is 13.8 Å². The van der Waals surface area contributed by atoms with E-state index in [-0.39, 0.29) is 26.0 Å². The lowest BCUT2D eigenvalue weighted by molar-refractivity contribution is -0.161. The van der Waals surface area contributed by atoms with Crippen LogP contribution in [0.15, 0.2) is 24.3 Å². The fourth-order valence-corrected chi connectivity index (χ4v) is 6.58. The Morgan fingerprint density at radius 2 is 1.12 bits per heavy atom. The molecule has 0 saturated carbocycles. The van der Waals surface area contributed by atoms with Crippen LogP contribution in [0.3, 0.4) is 0 Å². The Morgan fingerprint density at radius 3 is 1.63 bits per heavy atom. The van der Waals surface area contributed by atoms with Gasteiger partial charge in [0, 0.05) is 19.4 Å². The minimum atomic E-state index is -4.67. The van der Waals surface area contributed by atoms with E-state index >= 15 is 0 Å². The zero-order chi connectivity index (χ0) is 36.3. The SMILES string of the molecule is CCCCC/C=C\C/C=C\CCCCCCCC(=O)O[C@@H](CO)C(OP(=O)(O)OCCN)C(=O)CCCCCCCCCCCCCCC. The first-order valence-corrected chi connectivity index (χ1v) is 21.3. The molecule has 9 nitrogen and oxygen atoms in total. The largest absolute Gasteiger partial charge is 0.473 e. The first-order chi connectivity index (χ1) is 23.8. The van der Waals surface area contributed by atoms with E-state index in [1.165, 1.54) is 77.0 Å². The van der Waals surface area contributed by atoms with Gasteiger partial charge in [0.05, 0.1) is 13.2 Å². The van der Waals surface area contributed by atoms with Gasteiger partial charge < -0.3 is 20.5 Å². The molecule has 0 heterocycles. The molecule has 0 aliphatic heterocycles. The molecule has 10 heteroatoms. The lowest BCUT2D eigenvalue weighted by Crippen LogP contribution is -2.41. The summed E-state index contributed by atoms with van der Waals surface area (Å²) in [5.41, 5.74) is 5.38. The molecule has 0 saturated heterocycles. The number of ether oxygens (including phenoxy) is 1. The molecule has 0 bridgehead atoms. The molecule has 3 atom stereocenters. The van der Waals surface area contributed by atoms with Gasteiger partial charge in [0.2, 0.25) is 0 Å². The molecule has 0 radical (unpaired) electrons. The van der Waals surface area contributed by atoms with Crippen LogP contribution in [-0.4, -0.2) is 53.7 Å². The number of hydrogen-bond acceptors (Lipinski definition) is 8. The van der Waals surface area contributed by atoms with E-state index < -0.39 is 38.4 Å². The Kier molecular flexibility index (Phi) is 34.1. The second-order valence-corrected chi connectivity index (χ2v) is 14.7. The maximum absolute atomic E-state index is 13.1. The minimum Gasteiger partial charge on any atom is -0.457 e. The number of hydrogen-bond donors (Lipinski definition) is 3. The van der Waals surface area contributed by atoms with E-state index in [4.69, 9.17) is 19.5 Å². The van der Waals surface area contributed by atoms with Crippen molar-refractivity contribution in [2.24, 2.45) is 5.73 Å². The predicted molar refractivity (Wildman–Crippen MR) is 201 cm³/mol. The summed E-state index contributed by atoms with van der Waals surface area (Å²) in [5.74, 6) is -1.08. The van der Waals surface area contributed by atoms with Crippen LogP contribution in [0, 0.1) is 0 Å². The van der Waals surface area contributed by atoms with Crippen molar-refractivity contribution in [3.63, 3.8) is 0 Å². The highest BCUT2D eigenvalue weighted by Gasteiger charge is 2.38. The quantitative estimate of drug-likeness (QED) is 0.0248. The molecule has 0 aromatic carbocycles. The molecule has 49 heavy (non-hydrogen) atoms. The first kappa shape index (κ1) is 47.7. The van der Waals surface area contributed by atoms with E-state index in [9.17, 15) is 24.2 Å². The number of Topliss-reactive ketones (excluding diaryl/α,β-unsaturated/α-hetero) is 1. The Bertz CT molecular complexity index is 881. The van der Waals surface area contributed by atoms with Crippen LogP contribution in [0.25, 0.3) is 0 Å². The lowest BCUT2D eigenvalue weighted by atomic mass is 10.0. The summed E-state index contributed by atoms with van der Waals surface area (Å²) < 4.78 is 27.9. The Balaban J connectivity index is 4.48. The molecule has 0 rings (SSSR count). The number of carbonyl (C=O) groups is 2. The van der Waals surface area contributed by atoms with E-state index in [0.29, 0.717) is 12.8 Å². The summed E-state index contributed by atoms with van der Waals surface area (Å²) in [7, 11) is -4.67. The van der Waals surface area contributed by atoms with Gasteiger partial charge in [-0.25, -0.2) is 4.57 Å². The van der Waals surface area contributed by atoms with Crippen LogP contribution in [0.4, 0.5) is 0 Å². The highest BCUT2D eigenvalue weighted by Crippen LogP contribution is 2.45. The summed E-state index contributed by atoms with van der Waals surface area (Å²) in [6.45, 7) is 3.47. The molecule has 4 N–H and O–H groups in total. The summed E-state index contributed by atoms with van der Waals surface area (Å²) in [5, 5.41) is 10.0. The number of esters is 1. The maximum Gasteiger partial charge on any atom is 0.473 e. The van der Waals surface area contributed by atoms with Crippen molar-refractivity contribution in [3.8, 4) is 0 Å². The van der Waals surface area contributed by atoms with Crippen molar-refractivity contribution in [1.82, 2.24) is 0 Å². The number of nitrogens with two attached hydrogens (primary N) is 1. The van der Waals surface area contributed by atoms with Crippen LogP contribution < -0.4 is 5.73 Å². The summed E-state index contributed by atoms with van der Waals surface area (Å²) in [4.78, 5) is 35.9. The topological polar surface area (TPSA) is 145 Å². The van der Waals surface area contributed by atoms with Gasteiger partial charge in [-0.1, -0.05) is 147 Å². The number of unbranched alkanes of at least 4 members (excludes halogenated alkanes) is 20. The molecule has 288 valence electrons. The molecule has 0 aromatic heterocycles. The number of aliphatic hydroxyl groups is 1. The third-order valence-corrected chi connectivity index (χ3v) is 9.60. The number of allylic oxidation sites excluding steroid dienone is 4. The van der Waals surface area contributed by atoms with Gasteiger partial charge in [0.1, 0.15) is 0 Å². The third kappa shape index (κ3) is 31.1. The molecule has 0 aliphatic carbocycles. The molecule has 2 unspecified atom stereocenters. The van der Waals surface area contributed by atoms with E-state index in [1.54, 1.807) is 0 Å². The molecular formula is C39H74NO8P. The van der Waals surface area contributed by atoms with Crippen LogP contribution in [0.1, 0.15) is 181 Å². The van der Waals surface area contributed by atoms with E-state index in [2.05, 4.69) is 38.2 Å². The Morgan fingerprint density at radius 1 is 0.673 bits per heavy atom. The van der Waals surface area contributed by atoms with Gasteiger partial charge in [-0.3, -0.25) is 18.6 Å². The van der Waals surface area contributed by atoms with Crippen molar-refractivity contribution >= 4 is 19.6 Å². The lowest BCUT2D eigenvalue weighted by Gasteiger charge is -2.26. The first-order valence-electron chi connectivity index (χ1n) is 19.8. The zero-order valence-electron chi connectivity index (χ0n) is 31.3. The molecule has 0 spiro atoms. The Labute approximate surface area is 299 Å². The molecule has 0 amide bonds. The zero-order valence-corrected chi connectivity index (χ0v) is 32.2. The molecule has 0 aliphatic rings. The van der Waals surface area contributed by atoms with Crippen molar-refractivity contribution in [2.75, 3.05) is 19.8 Å². The van der Waals surface area contributed by atoms with Crippen molar-refractivity contribution < 1.29 is 37.9 Å². The fourth-order valence-electron chi connectivity index (χ4n) is 5.64. The highest BCUT2D eigenvalue weighted by molar-refractivity contribution is 7.47. The highest BCUT2D eigenvalue weighted by atomic mass is 31.2. The van der Waals surface area contributed by atoms with Gasteiger partial charge in [0.15, 0.2) is 18.0 Å². The van der Waals surface area contributed by atoms with Crippen molar-refractivity contribution in [2.45, 2.75) is 193 Å². The van der Waals surface area contributed by atoms with Crippen LogP contribution >= 0.6 is 7.82 Å². The number of ketones is 1. The monoisotopic (exact) mass is 716 g/mol. The standard InChI is InChI=1S/C39H74NO8P/c1-3-5-7-9-11-13-15-17-18-20-22-24-26-28-30-32-38(43)47-37(35-41)39(48-49(44,45)46-34-33-40)36(42)31-29-27-25-23-21-19-16-14-12-10-8-6-4-2/h11,13,17-18,37,39,41H,3-10,12,14-16,19-35,40H2,1-2H3,(H,44,45)/b13-11-,18-17-/t37-,39?/m0/s1. The average Bonchev–Trinajstić information content (AvgIpc) is 3.09. The third-order valence-electron chi connectivity index (χ3n) is 8.60. The summed E-state index contributed by atoms with van der Waals surface area (Å²) in [6, 6.07) is 0. The normalized spacial score (nSPS) is 14.4. The van der Waals surface area contributed by atoms with E-state index in [1.807, 2.05) is 0 Å². The van der Waals surface area contributed by atoms with Crippen LogP contribution in [0.2, 0.25) is 0 Å². The molecule has 0 fully saturated rings.